The standard InChI is InChI=1S/C13H8Cl3NO/c14-9-5-2-1-4-8(9)13(18)17-12-10(15)6-3-7-11(12)16/h1-7H,(H,17,18). The lowest BCUT2D eigenvalue weighted by atomic mass is 10.2. The lowest BCUT2D eigenvalue weighted by Crippen LogP contribution is -2.13. The number of rotatable bonds is 2. The van der Waals surface area contributed by atoms with E-state index >= 15 is 0 Å². The highest BCUT2D eigenvalue weighted by molar-refractivity contribution is 6.40. The Morgan fingerprint density at radius 3 is 2.00 bits per heavy atom. The van der Waals surface area contributed by atoms with Crippen LogP contribution in [0, 0.1) is 0 Å². The quantitative estimate of drug-likeness (QED) is 0.840. The summed E-state index contributed by atoms with van der Waals surface area (Å²) in [6.07, 6.45) is 0. The summed E-state index contributed by atoms with van der Waals surface area (Å²) in [5.41, 5.74) is 0.751. The largest absolute Gasteiger partial charge is 0.319 e. The van der Waals surface area contributed by atoms with Gasteiger partial charge in [0.05, 0.1) is 26.3 Å². The van der Waals surface area contributed by atoms with Gasteiger partial charge in [-0.25, -0.2) is 0 Å². The van der Waals surface area contributed by atoms with E-state index in [2.05, 4.69) is 5.32 Å². The molecule has 92 valence electrons. The zero-order valence-corrected chi connectivity index (χ0v) is 11.4. The van der Waals surface area contributed by atoms with E-state index in [1.54, 1.807) is 42.5 Å². The molecule has 2 rings (SSSR count). The van der Waals surface area contributed by atoms with Crippen molar-refractivity contribution in [2.45, 2.75) is 0 Å². The second-order valence-electron chi connectivity index (χ2n) is 3.53. The van der Waals surface area contributed by atoms with Crippen molar-refractivity contribution in [1.29, 1.82) is 0 Å². The summed E-state index contributed by atoms with van der Waals surface area (Å²) in [6, 6.07) is 11.8. The van der Waals surface area contributed by atoms with Gasteiger partial charge in [-0.15, -0.1) is 0 Å². The third-order valence-electron chi connectivity index (χ3n) is 2.32. The normalized spacial score (nSPS) is 10.2. The van der Waals surface area contributed by atoms with Crippen LogP contribution < -0.4 is 5.32 Å². The summed E-state index contributed by atoms with van der Waals surface area (Å²) < 4.78 is 0. The van der Waals surface area contributed by atoms with Crippen molar-refractivity contribution in [2.75, 3.05) is 5.32 Å². The second kappa shape index (κ2) is 5.61. The van der Waals surface area contributed by atoms with Gasteiger partial charge in [-0.05, 0) is 24.3 Å². The second-order valence-corrected chi connectivity index (χ2v) is 4.75. The topological polar surface area (TPSA) is 29.1 Å². The maximum absolute atomic E-state index is 12.0. The van der Waals surface area contributed by atoms with Crippen molar-refractivity contribution >= 4 is 46.4 Å². The highest BCUT2D eigenvalue weighted by Gasteiger charge is 2.13. The average molecular weight is 301 g/mol. The molecule has 2 aromatic carbocycles. The summed E-state index contributed by atoms with van der Waals surface area (Å²) in [5, 5.41) is 3.78. The first-order valence-corrected chi connectivity index (χ1v) is 6.23. The van der Waals surface area contributed by atoms with Crippen LogP contribution in [0.3, 0.4) is 0 Å². The highest BCUT2D eigenvalue weighted by atomic mass is 35.5. The van der Waals surface area contributed by atoms with Crippen LogP contribution in [0.1, 0.15) is 10.4 Å². The minimum absolute atomic E-state index is 0.351. The van der Waals surface area contributed by atoms with Crippen LogP contribution in [0.2, 0.25) is 15.1 Å². The summed E-state index contributed by atoms with van der Waals surface area (Å²) in [4.78, 5) is 12.0. The van der Waals surface area contributed by atoms with E-state index in [9.17, 15) is 4.79 Å². The van der Waals surface area contributed by atoms with Crippen molar-refractivity contribution < 1.29 is 4.79 Å². The first-order chi connectivity index (χ1) is 8.59. The molecular formula is C13H8Cl3NO. The molecule has 1 N–H and O–H groups in total. The zero-order valence-electron chi connectivity index (χ0n) is 9.08. The predicted molar refractivity (Wildman–Crippen MR) is 75.9 cm³/mol. The molecule has 0 aliphatic carbocycles. The van der Waals surface area contributed by atoms with Gasteiger partial charge in [-0.2, -0.15) is 0 Å². The van der Waals surface area contributed by atoms with Crippen LogP contribution in [0.4, 0.5) is 5.69 Å². The van der Waals surface area contributed by atoms with E-state index in [0.717, 1.165) is 0 Å². The molecule has 2 aromatic rings. The third-order valence-corrected chi connectivity index (χ3v) is 3.28. The average Bonchev–Trinajstić information content (AvgIpc) is 2.34. The number of benzene rings is 2. The van der Waals surface area contributed by atoms with Gasteiger partial charge in [0, 0.05) is 0 Å². The van der Waals surface area contributed by atoms with Crippen molar-refractivity contribution in [1.82, 2.24) is 0 Å². The number of hydrogen-bond donors (Lipinski definition) is 1. The van der Waals surface area contributed by atoms with E-state index < -0.39 is 0 Å². The monoisotopic (exact) mass is 299 g/mol. The molecule has 0 spiro atoms. The molecule has 0 aliphatic heterocycles. The van der Waals surface area contributed by atoms with Crippen LogP contribution >= 0.6 is 34.8 Å². The minimum atomic E-state index is -0.351. The molecule has 18 heavy (non-hydrogen) atoms. The van der Waals surface area contributed by atoms with Crippen LogP contribution in [0.15, 0.2) is 42.5 Å². The van der Waals surface area contributed by atoms with Gasteiger partial charge in [0.15, 0.2) is 0 Å². The Labute approximate surface area is 119 Å². The van der Waals surface area contributed by atoms with E-state index in [-0.39, 0.29) is 5.91 Å². The fourth-order valence-corrected chi connectivity index (χ4v) is 2.16. The first-order valence-electron chi connectivity index (χ1n) is 5.09. The van der Waals surface area contributed by atoms with Gasteiger partial charge in [0.2, 0.25) is 0 Å². The molecule has 1 amide bonds. The van der Waals surface area contributed by atoms with Crippen LogP contribution in [-0.4, -0.2) is 5.91 Å². The minimum Gasteiger partial charge on any atom is -0.319 e. The van der Waals surface area contributed by atoms with Crippen molar-refractivity contribution in [3.63, 3.8) is 0 Å². The molecule has 0 heterocycles. The van der Waals surface area contributed by atoms with Crippen molar-refractivity contribution in [3.05, 3.63) is 63.1 Å². The maximum Gasteiger partial charge on any atom is 0.257 e. The number of para-hydroxylation sites is 1. The molecule has 5 heteroatoms. The van der Waals surface area contributed by atoms with Crippen molar-refractivity contribution in [3.8, 4) is 0 Å². The SMILES string of the molecule is O=C(Nc1c(Cl)cccc1Cl)c1ccccc1Cl. The van der Waals surface area contributed by atoms with E-state index in [0.29, 0.717) is 26.3 Å². The summed E-state index contributed by atoms with van der Waals surface area (Å²) in [7, 11) is 0. The van der Waals surface area contributed by atoms with Gasteiger partial charge in [-0.3, -0.25) is 4.79 Å². The fraction of sp³-hybridized carbons (Fsp3) is 0. The highest BCUT2D eigenvalue weighted by Crippen LogP contribution is 2.30. The molecule has 0 atom stereocenters. The number of amides is 1. The molecule has 0 saturated carbocycles. The van der Waals surface area contributed by atoms with Gasteiger partial charge < -0.3 is 5.32 Å². The Morgan fingerprint density at radius 1 is 0.833 bits per heavy atom. The number of anilines is 1. The molecule has 0 fully saturated rings. The number of nitrogens with one attached hydrogen (secondary N) is 1. The molecular weight excluding hydrogens is 293 g/mol. The first kappa shape index (κ1) is 13.2. The molecule has 0 radical (unpaired) electrons. The van der Waals surface area contributed by atoms with Crippen LogP contribution in [0.25, 0.3) is 0 Å². The Bertz CT molecular complexity index is 578. The zero-order chi connectivity index (χ0) is 13.1. The number of carbonyl (C=O) groups excluding carboxylic acids is 1. The van der Waals surface area contributed by atoms with Crippen LogP contribution in [0.5, 0.6) is 0 Å². The third kappa shape index (κ3) is 2.78. The number of halogens is 3. The van der Waals surface area contributed by atoms with Crippen LogP contribution in [-0.2, 0) is 0 Å². The fourth-order valence-electron chi connectivity index (χ4n) is 1.44. The van der Waals surface area contributed by atoms with E-state index in [1.165, 1.54) is 0 Å². The summed E-state index contributed by atoms with van der Waals surface area (Å²) in [6.45, 7) is 0. The Kier molecular flexibility index (Phi) is 4.12. The van der Waals surface area contributed by atoms with Gasteiger partial charge >= 0.3 is 0 Å². The molecule has 0 bridgehead atoms. The molecule has 0 saturated heterocycles. The number of carbonyl (C=O) groups is 1. The van der Waals surface area contributed by atoms with Crippen molar-refractivity contribution in [2.24, 2.45) is 0 Å². The van der Waals surface area contributed by atoms with Gasteiger partial charge in [0.1, 0.15) is 0 Å². The smallest absolute Gasteiger partial charge is 0.257 e. The number of hydrogen-bond acceptors (Lipinski definition) is 1. The Hall–Kier alpha value is -1.22. The lowest BCUT2D eigenvalue weighted by molar-refractivity contribution is 0.102. The summed E-state index contributed by atoms with van der Waals surface area (Å²) >= 11 is 17.9. The molecule has 2 nitrogen and oxygen atoms in total. The summed E-state index contributed by atoms with van der Waals surface area (Å²) in [5.74, 6) is -0.351. The Balaban J connectivity index is 2.30. The molecule has 0 unspecified atom stereocenters. The predicted octanol–water partition coefficient (Wildman–Crippen LogP) is 4.90. The van der Waals surface area contributed by atoms with E-state index in [1.807, 2.05) is 0 Å². The molecule has 0 aromatic heterocycles. The molecule has 0 aliphatic rings. The maximum atomic E-state index is 12.0. The lowest BCUT2D eigenvalue weighted by Gasteiger charge is -2.09. The Morgan fingerprint density at radius 2 is 1.39 bits per heavy atom. The van der Waals surface area contributed by atoms with Gasteiger partial charge in [-0.1, -0.05) is 53.0 Å². The van der Waals surface area contributed by atoms with E-state index in [4.69, 9.17) is 34.8 Å². The van der Waals surface area contributed by atoms with Gasteiger partial charge in [0.25, 0.3) is 5.91 Å².